The molecule has 0 saturated carbocycles. The number of hydrogen-bond donors (Lipinski definition) is 1. The fraction of sp³-hybridized carbons (Fsp3) is 0.556. The second-order valence-corrected chi connectivity index (χ2v) is 14.2. The summed E-state index contributed by atoms with van der Waals surface area (Å²) >= 11 is 12.3. The first-order valence-electron chi connectivity index (χ1n) is 8.76. The second-order valence-electron chi connectivity index (χ2n) is 7.86. The maximum atomic E-state index is 6.24. The topological polar surface area (TPSA) is 50.3 Å². The molecule has 2 heterocycles. The van der Waals surface area contributed by atoms with Crippen LogP contribution in [0.5, 0.6) is 0 Å². The molecule has 5 nitrogen and oxygen atoms in total. The Hall–Kier alpha value is -1.08. The fourth-order valence-electron chi connectivity index (χ4n) is 2.74. The van der Waals surface area contributed by atoms with Crippen LogP contribution in [0.3, 0.4) is 0 Å². The number of allylic oxidation sites excluding steroid dienone is 1. The molecule has 2 atom stereocenters. The van der Waals surface area contributed by atoms with Crippen LogP contribution in [0.15, 0.2) is 24.4 Å². The average molecular weight is 415 g/mol. The normalized spacial score (nSPS) is 20.2. The van der Waals surface area contributed by atoms with E-state index >= 15 is 0 Å². The molecule has 1 aromatic rings. The summed E-state index contributed by atoms with van der Waals surface area (Å²) in [7, 11) is -1.15. The van der Waals surface area contributed by atoms with Crippen LogP contribution < -0.4 is 10.2 Å². The van der Waals surface area contributed by atoms with E-state index in [2.05, 4.69) is 59.4 Å². The summed E-state index contributed by atoms with van der Waals surface area (Å²) in [6, 6.07) is 1.28. The molecular weight excluding hydrogens is 387 g/mol. The molecule has 1 aromatic heterocycles. The predicted octanol–water partition coefficient (Wildman–Crippen LogP) is 4.64. The quantitative estimate of drug-likeness (QED) is 0.231. The molecule has 0 radical (unpaired) electrons. The van der Waals surface area contributed by atoms with Crippen LogP contribution in [0.4, 0.5) is 5.82 Å². The standard InChI is InChI=1S/C18H28Cl2N4OSi/c1-12-7-8-15(14(3)21-12)24(11-25-9-10-26(4,5)6)17-13(2)16(19)22-18(20)23-17/h7-8,14-15,21H,1,9-11H2,2-6H3/t14-,15?/m0/s1. The Balaban J connectivity index is 2.27. The van der Waals surface area contributed by atoms with Gasteiger partial charge in [-0.1, -0.05) is 43.9 Å². The van der Waals surface area contributed by atoms with Gasteiger partial charge in [-0.15, -0.1) is 0 Å². The lowest BCUT2D eigenvalue weighted by Crippen LogP contribution is -2.50. The van der Waals surface area contributed by atoms with Gasteiger partial charge in [0.1, 0.15) is 17.7 Å². The molecular formula is C18H28Cl2N4OSi. The van der Waals surface area contributed by atoms with Gasteiger partial charge < -0.3 is 15.0 Å². The highest BCUT2D eigenvalue weighted by molar-refractivity contribution is 6.76. The van der Waals surface area contributed by atoms with Gasteiger partial charge in [-0.05, 0) is 37.6 Å². The van der Waals surface area contributed by atoms with Crippen molar-refractivity contribution in [3.8, 4) is 0 Å². The summed E-state index contributed by atoms with van der Waals surface area (Å²) < 4.78 is 6.02. The third kappa shape index (κ3) is 5.71. The van der Waals surface area contributed by atoms with Gasteiger partial charge in [-0.2, -0.15) is 0 Å². The minimum absolute atomic E-state index is 0.0353. The highest BCUT2D eigenvalue weighted by atomic mass is 35.5. The van der Waals surface area contributed by atoms with E-state index in [1.165, 1.54) is 0 Å². The Morgan fingerprint density at radius 3 is 2.62 bits per heavy atom. The Morgan fingerprint density at radius 2 is 2.00 bits per heavy atom. The molecule has 0 amide bonds. The van der Waals surface area contributed by atoms with Crippen molar-refractivity contribution in [2.45, 2.75) is 51.6 Å². The molecule has 0 saturated heterocycles. The first-order valence-corrected chi connectivity index (χ1v) is 13.2. The van der Waals surface area contributed by atoms with E-state index in [1.54, 1.807) is 0 Å². The van der Waals surface area contributed by atoms with Crippen LogP contribution >= 0.6 is 23.2 Å². The van der Waals surface area contributed by atoms with Crippen molar-refractivity contribution in [2.24, 2.45) is 0 Å². The zero-order valence-corrected chi connectivity index (χ0v) is 18.7. The molecule has 144 valence electrons. The molecule has 1 N–H and O–H groups in total. The van der Waals surface area contributed by atoms with Gasteiger partial charge in [0.05, 0.1) is 6.04 Å². The number of ether oxygens (including phenoxy) is 1. The van der Waals surface area contributed by atoms with Crippen LogP contribution in [0.2, 0.25) is 36.1 Å². The number of nitrogens with one attached hydrogen (secondary N) is 1. The number of rotatable bonds is 7. The summed E-state index contributed by atoms with van der Waals surface area (Å²) in [6.45, 7) is 16.1. The van der Waals surface area contributed by atoms with Crippen LogP contribution in [0.1, 0.15) is 12.5 Å². The Morgan fingerprint density at radius 1 is 1.31 bits per heavy atom. The van der Waals surface area contributed by atoms with Crippen LogP contribution in [0.25, 0.3) is 0 Å². The van der Waals surface area contributed by atoms with E-state index in [0.717, 1.165) is 23.9 Å². The minimum atomic E-state index is -1.15. The Labute approximate surface area is 167 Å². The summed E-state index contributed by atoms with van der Waals surface area (Å²) in [5, 5.41) is 3.85. The van der Waals surface area contributed by atoms with Crippen molar-refractivity contribution in [3.05, 3.63) is 40.4 Å². The monoisotopic (exact) mass is 414 g/mol. The highest BCUT2D eigenvalue weighted by Gasteiger charge is 2.28. The smallest absolute Gasteiger partial charge is 0.225 e. The zero-order chi connectivity index (χ0) is 19.5. The molecule has 0 spiro atoms. The fourth-order valence-corrected chi connectivity index (χ4v) is 3.87. The van der Waals surface area contributed by atoms with Crippen LogP contribution in [-0.4, -0.2) is 43.5 Å². The van der Waals surface area contributed by atoms with Crippen LogP contribution in [-0.2, 0) is 4.74 Å². The molecule has 2 rings (SSSR count). The number of nitrogens with zero attached hydrogens (tertiary/aromatic N) is 3. The van der Waals surface area contributed by atoms with E-state index < -0.39 is 8.07 Å². The summed E-state index contributed by atoms with van der Waals surface area (Å²) in [4.78, 5) is 10.5. The third-order valence-electron chi connectivity index (χ3n) is 4.31. The minimum Gasteiger partial charge on any atom is -0.381 e. The van der Waals surface area contributed by atoms with Gasteiger partial charge in [-0.25, -0.2) is 9.97 Å². The van der Waals surface area contributed by atoms with Crippen molar-refractivity contribution in [1.82, 2.24) is 15.3 Å². The second kappa shape index (κ2) is 8.74. The van der Waals surface area contributed by atoms with Crippen molar-refractivity contribution in [1.29, 1.82) is 0 Å². The number of anilines is 1. The lowest BCUT2D eigenvalue weighted by molar-refractivity contribution is 0.140. The van der Waals surface area contributed by atoms with E-state index in [1.807, 2.05) is 13.0 Å². The Kier molecular flexibility index (Phi) is 7.13. The first-order chi connectivity index (χ1) is 12.1. The van der Waals surface area contributed by atoms with Gasteiger partial charge >= 0.3 is 0 Å². The lowest BCUT2D eigenvalue weighted by Gasteiger charge is -2.38. The molecule has 8 heteroatoms. The van der Waals surface area contributed by atoms with Crippen LogP contribution in [0, 0.1) is 6.92 Å². The van der Waals surface area contributed by atoms with Gasteiger partial charge in [-0.3, -0.25) is 0 Å². The molecule has 1 aliphatic rings. The van der Waals surface area contributed by atoms with Gasteiger partial charge in [0.25, 0.3) is 0 Å². The number of hydrogen-bond acceptors (Lipinski definition) is 5. The SMILES string of the molecule is C=C1C=CC(N(COCC[Si](C)(C)C)c2nc(Cl)nc(Cl)c2C)[C@H](C)N1. The zero-order valence-electron chi connectivity index (χ0n) is 16.1. The molecule has 0 bridgehead atoms. The molecule has 0 aliphatic carbocycles. The summed E-state index contributed by atoms with van der Waals surface area (Å²) in [5.74, 6) is 0.693. The largest absolute Gasteiger partial charge is 0.381 e. The maximum absolute atomic E-state index is 6.24. The predicted molar refractivity (Wildman–Crippen MR) is 113 cm³/mol. The summed E-state index contributed by atoms with van der Waals surface area (Å²) in [6.07, 6.45) is 4.08. The highest BCUT2D eigenvalue weighted by Crippen LogP contribution is 2.28. The van der Waals surface area contributed by atoms with Gasteiger partial charge in [0.2, 0.25) is 5.28 Å². The van der Waals surface area contributed by atoms with E-state index in [9.17, 15) is 0 Å². The molecule has 26 heavy (non-hydrogen) atoms. The maximum Gasteiger partial charge on any atom is 0.225 e. The van der Waals surface area contributed by atoms with Gasteiger partial charge in [0, 0.05) is 32.0 Å². The number of aromatic nitrogens is 2. The van der Waals surface area contributed by atoms with Crippen molar-refractivity contribution < 1.29 is 4.74 Å². The Bertz CT molecular complexity index is 691. The summed E-state index contributed by atoms with van der Waals surface area (Å²) in [5.41, 5.74) is 1.68. The first kappa shape index (κ1) is 21.2. The molecule has 0 fully saturated rings. The average Bonchev–Trinajstić information content (AvgIpc) is 2.51. The van der Waals surface area contributed by atoms with Crippen molar-refractivity contribution in [2.75, 3.05) is 18.2 Å². The van der Waals surface area contributed by atoms with Gasteiger partial charge in [0.15, 0.2) is 0 Å². The van der Waals surface area contributed by atoms with Crippen molar-refractivity contribution in [3.63, 3.8) is 0 Å². The third-order valence-corrected chi connectivity index (χ3v) is 6.55. The van der Waals surface area contributed by atoms with E-state index in [0.29, 0.717) is 17.7 Å². The molecule has 1 aliphatic heterocycles. The van der Waals surface area contributed by atoms with Crippen molar-refractivity contribution >= 4 is 37.1 Å². The molecule has 1 unspecified atom stereocenters. The lowest BCUT2D eigenvalue weighted by atomic mass is 10.0. The number of halogens is 2. The molecule has 0 aromatic carbocycles. The van der Waals surface area contributed by atoms with E-state index in [-0.39, 0.29) is 17.4 Å². The van der Waals surface area contributed by atoms with E-state index in [4.69, 9.17) is 27.9 Å².